The summed E-state index contributed by atoms with van der Waals surface area (Å²) < 4.78 is 5.22. The predicted octanol–water partition coefficient (Wildman–Crippen LogP) is 0.563. The van der Waals surface area contributed by atoms with Crippen LogP contribution >= 0.6 is 0 Å². The van der Waals surface area contributed by atoms with Crippen LogP contribution in [0.15, 0.2) is 0 Å². The molecule has 0 aromatic heterocycles. The topological polar surface area (TPSA) is 70.1 Å². The van der Waals surface area contributed by atoms with Crippen LogP contribution in [-0.4, -0.2) is 71.7 Å². The van der Waals surface area contributed by atoms with Crippen LogP contribution in [0.5, 0.6) is 0 Å². The lowest BCUT2D eigenvalue weighted by atomic mass is 10.1. The first-order valence-corrected chi connectivity index (χ1v) is 7.46. The lowest BCUT2D eigenvalue weighted by Gasteiger charge is -2.38. The van der Waals surface area contributed by atoms with Gasteiger partial charge in [0.1, 0.15) is 6.04 Å². The summed E-state index contributed by atoms with van der Waals surface area (Å²) >= 11 is 0. The zero-order valence-electron chi connectivity index (χ0n) is 12.1. The van der Waals surface area contributed by atoms with Crippen LogP contribution < -0.4 is 0 Å². The van der Waals surface area contributed by atoms with Crippen LogP contribution in [0, 0.1) is 0 Å². The van der Waals surface area contributed by atoms with Crippen molar-refractivity contribution in [2.75, 3.05) is 32.8 Å². The largest absolute Gasteiger partial charge is 0.480 e. The van der Waals surface area contributed by atoms with Gasteiger partial charge in [0.15, 0.2) is 0 Å². The zero-order chi connectivity index (χ0) is 14.5. The van der Waals surface area contributed by atoms with Gasteiger partial charge in [-0.05, 0) is 19.8 Å². The van der Waals surface area contributed by atoms with Crippen molar-refractivity contribution in [2.45, 2.75) is 44.7 Å². The van der Waals surface area contributed by atoms with E-state index >= 15 is 0 Å². The number of carbonyl (C=O) groups excluding carboxylic acids is 1. The number of aliphatic carboxylic acids is 1. The van der Waals surface area contributed by atoms with Gasteiger partial charge in [-0.15, -0.1) is 0 Å². The molecule has 114 valence electrons. The molecule has 6 nitrogen and oxygen atoms in total. The maximum Gasteiger partial charge on any atom is 0.323 e. The molecule has 2 unspecified atom stereocenters. The van der Waals surface area contributed by atoms with Crippen molar-refractivity contribution >= 4 is 11.9 Å². The Morgan fingerprint density at radius 3 is 2.40 bits per heavy atom. The molecule has 2 fully saturated rings. The van der Waals surface area contributed by atoms with Gasteiger partial charge in [0, 0.05) is 19.6 Å². The van der Waals surface area contributed by atoms with Crippen molar-refractivity contribution in [1.82, 2.24) is 9.80 Å². The lowest BCUT2D eigenvalue weighted by molar-refractivity contribution is -0.155. The number of hydrogen-bond donors (Lipinski definition) is 1. The summed E-state index contributed by atoms with van der Waals surface area (Å²) in [5.41, 5.74) is 0. The molecule has 0 spiro atoms. The molecule has 0 aromatic rings. The van der Waals surface area contributed by atoms with Gasteiger partial charge in [-0.1, -0.05) is 12.8 Å². The molecule has 0 aliphatic carbocycles. The van der Waals surface area contributed by atoms with Crippen molar-refractivity contribution in [1.29, 1.82) is 0 Å². The van der Waals surface area contributed by atoms with Gasteiger partial charge >= 0.3 is 5.97 Å². The standard InChI is InChI=1S/C14H24N2O4/c1-11(13(17)15-6-4-2-3-5-7-15)16-8-9-20-10-12(16)14(18)19/h11-12H,2-10H2,1H3,(H,18,19). The van der Waals surface area contributed by atoms with E-state index in [2.05, 4.69) is 0 Å². The van der Waals surface area contributed by atoms with Gasteiger partial charge in [-0.25, -0.2) is 0 Å². The molecule has 1 amide bonds. The number of amides is 1. The summed E-state index contributed by atoms with van der Waals surface area (Å²) in [7, 11) is 0. The Bertz CT molecular complexity index is 353. The molecule has 0 aromatic carbocycles. The fourth-order valence-electron chi connectivity index (χ4n) is 2.99. The van der Waals surface area contributed by atoms with E-state index in [-0.39, 0.29) is 12.5 Å². The van der Waals surface area contributed by atoms with Crippen LogP contribution in [0.3, 0.4) is 0 Å². The summed E-state index contributed by atoms with van der Waals surface area (Å²) in [5, 5.41) is 9.25. The van der Waals surface area contributed by atoms with Gasteiger partial charge < -0.3 is 14.7 Å². The fraction of sp³-hybridized carbons (Fsp3) is 0.857. The number of nitrogens with zero attached hydrogens (tertiary/aromatic N) is 2. The average molecular weight is 284 g/mol. The Labute approximate surface area is 119 Å². The van der Waals surface area contributed by atoms with Crippen LogP contribution in [0.4, 0.5) is 0 Å². The molecule has 6 heteroatoms. The van der Waals surface area contributed by atoms with Crippen LogP contribution in [0.2, 0.25) is 0 Å². The highest BCUT2D eigenvalue weighted by Gasteiger charge is 2.36. The number of carbonyl (C=O) groups is 2. The van der Waals surface area contributed by atoms with E-state index in [0.29, 0.717) is 13.2 Å². The number of hydrogen-bond acceptors (Lipinski definition) is 4. The average Bonchev–Trinajstić information content (AvgIpc) is 2.74. The third-order valence-corrected chi connectivity index (χ3v) is 4.23. The summed E-state index contributed by atoms with van der Waals surface area (Å²) in [6.45, 7) is 4.55. The monoisotopic (exact) mass is 284 g/mol. The molecule has 1 N–H and O–H groups in total. The highest BCUT2D eigenvalue weighted by atomic mass is 16.5. The minimum atomic E-state index is -0.916. The van der Waals surface area contributed by atoms with E-state index in [0.717, 1.165) is 25.9 Å². The van der Waals surface area contributed by atoms with Crippen molar-refractivity contribution in [3.05, 3.63) is 0 Å². The van der Waals surface area contributed by atoms with E-state index in [1.54, 1.807) is 4.90 Å². The molecule has 0 radical (unpaired) electrons. The highest BCUT2D eigenvalue weighted by molar-refractivity contribution is 5.83. The quantitative estimate of drug-likeness (QED) is 0.820. The van der Waals surface area contributed by atoms with Crippen molar-refractivity contribution in [3.8, 4) is 0 Å². The van der Waals surface area contributed by atoms with Gasteiger partial charge in [0.2, 0.25) is 5.91 Å². The Morgan fingerprint density at radius 1 is 1.15 bits per heavy atom. The predicted molar refractivity (Wildman–Crippen MR) is 73.5 cm³/mol. The van der Waals surface area contributed by atoms with Crippen molar-refractivity contribution < 1.29 is 19.4 Å². The first-order chi connectivity index (χ1) is 9.61. The molecule has 2 heterocycles. The molecule has 0 saturated carbocycles. The smallest absolute Gasteiger partial charge is 0.323 e. The molecule has 20 heavy (non-hydrogen) atoms. The van der Waals surface area contributed by atoms with E-state index in [1.807, 2.05) is 11.8 Å². The van der Waals surface area contributed by atoms with E-state index in [9.17, 15) is 14.7 Å². The molecular formula is C14H24N2O4. The van der Waals surface area contributed by atoms with Crippen LogP contribution in [0.1, 0.15) is 32.6 Å². The minimum Gasteiger partial charge on any atom is -0.480 e. The molecule has 2 saturated heterocycles. The maximum absolute atomic E-state index is 12.6. The van der Waals surface area contributed by atoms with Gasteiger partial charge in [-0.3, -0.25) is 14.5 Å². The maximum atomic E-state index is 12.6. The van der Waals surface area contributed by atoms with E-state index in [4.69, 9.17) is 4.74 Å². The zero-order valence-corrected chi connectivity index (χ0v) is 12.1. The number of carboxylic acid groups (broad SMARTS) is 1. The summed E-state index contributed by atoms with van der Waals surface area (Å²) in [5.74, 6) is -0.861. The Hall–Kier alpha value is -1.14. The summed E-state index contributed by atoms with van der Waals surface area (Å²) in [6, 6.07) is -1.10. The van der Waals surface area contributed by atoms with Gasteiger partial charge in [0.05, 0.1) is 19.3 Å². The first kappa shape index (κ1) is 15.3. The highest BCUT2D eigenvalue weighted by Crippen LogP contribution is 2.16. The number of likely N-dealkylation sites (tertiary alicyclic amines) is 1. The van der Waals surface area contributed by atoms with Crippen molar-refractivity contribution in [3.63, 3.8) is 0 Å². The van der Waals surface area contributed by atoms with Gasteiger partial charge in [-0.2, -0.15) is 0 Å². The molecule has 2 aliphatic rings. The Balaban J connectivity index is 2.01. The second-order valence-corrected chi connectivity index (χ2v) is 5.58. The molecule has 2 aliphatic heterocycles. The lowest BCUT2D eigenvalue weighted by Crippen LogP contribution is -2.58. The molecular weight excluding hydrogens is 260 g/mol. The van der Waals surface area contributed by atoms with E-state index in [1.165, 1.54) is 12.8 Å². The third-order valence-electron chi connectivity index (χ3n) is 4.23. The SMILES string of the molecule is CC(C(=O)N1CCCCCC1)N1CCOCC1C(=O)O. The molecule has 2 atom stereocenters. The summed E-state index contributed by atoms with van der Waals surface area (Å²) in [4.78, 5) is 27.5. The fourth-order valence-corrected chi connectivity index (χ4v) is 2.99. The van der Waals surface area contributed by atoms with E-state index < -0.39 is 18.1 Å². The van der Waals surface area contributed by atoms with Crippen LogP contribution in [-0.2, 0) is 14.3 Å². The second kappa shape index (κ2) is 7.04. The number of morpholine rings is 1. The molecule has 2 rings (SSSR count). The van der Waals surface area contributed by atoms with Crippen molar-refractivity contribution in [2.24, 2.45) is 0 Å². The minimum absolute atomic E-state index is 0.0556. The Morgan fingerprint density at radius 2 is 1.80 bits per heavy atom. The summed E-state index contributed by atoms with van der Waals surface area (Å²) in [6.07, 6.45) is 4.44. The normalized spacial score (nSPS) is 26.9. The van der Waals surface area contributed by atoms with Gasteiger partial charge in [0.25, 0.3) is 0 Å². The Kier molecular flexibility index (Phi) is 5.37. The molecule has 0 bridgehead atoms. The second-order valence-electron chi connectivity index (χ2n) is 5.58. The third kappa shape index (κ3) is 3.49. The van der Waals surface area contributed by atoms with Crippen LogP contribution in [0.25, 0.3) is 0 Å². The number of carboxylic acids is 1. The number of rotatable bonds is 3. The first-order valence-electron chi connectivity index (χ1n) is 7.46. The number of ether oxygens (including phenoxy) is 1.